The minimum Gasteiger partial charge on any atom is -0.310 e. The highest BCUT2D eigenvalue weighted by Crippen LogP contribution is 2.57. The SMILES string of the molecule is c1ccc(-n2c3ccccc3c3c(-c4ccc5cc(N(c6ccc(-n7c8ccccc8c8ccccc87)cc6)c6ccc7c(c6)C(c6ccccc6)(c6ccccc6)c6ccccc6-7)ccc5c4)cccc32)cc1. The fourth-order valence-electron chi connectivity index (χ4n) is 12.6. The van der Waals surface area contributed by atoms with Gasteiger partial charge in [-0.3, -0.25) is 0 Å². The van der Waals surface area contributed by atoms with Gasteiger partial charge in [-0.2, -0.15) is 0 Å². The molecule has 0 amide bonds. The van der Waals surface area contributed by atoms with Crippen LogP contribution in [0, 0.1) is 0 Å². The van der Waals surface area contributed by atoms with E-state index in [1.165, 1.54) is 98.9 Å². The van der Waals surface area contributed by atoms with E-state index in [0.29, 0.717) is 0 Å². The first-order valence-electron chi connectivity index (χ1n) is 25.6. The van der Waals surface area contributed by atoms with E-state index in [4.69, 9.17) is 0 Å². The van der Waals surface area contributed by atoms with Crippen molar-refractivity contribution in [1.82, 2.24) is 9.13 Å². The van der Waals surface area contributed by atoms with Crippen molar-refractivity contribution in [3.63, 3.8) is 0 Å². The van der Waals surface area contributed by atoms with Gasteiger partial charge >= 0.3 is 0 Å². The molecule has 0 unspecified atom stereocenters. The van der Waals surface area contributed by atoms with Crippen molar-refractivity contribution >= 4 is 71.4 Å². The molecule has 0 aliphatic heterocycles. The maximum atomic E-state index is 2.47. The third kappa shape index (κ3) is 6.27. The molecule has 1 aliphatic carbocycles. The Labute approximate surface area is 429 Å². The van der Waals surface area contributed by atoms with E-state index in [2.05, 4.69) is 299 Å². The van der Waals surface area contributed by atoms with E-state index in [0.717, 1.165) is 28.4 Å². The van der Waals surface area contributed by atoms with Crippen molar-refractivity contribution in [2.45, 2.75) is 5.41 Å². The number of rotatable bonds is 8. The van der Waals surface area contributed by atoms with Crippen LogP contribution >= 0.6 is 0 Å². The molecule has 15 rings (SSSR count). The Bertz CT molecular complexity index is 4380. The largest absolute Gasteiger partial charge is 0.310 e. The molecule has 14 aromatic rings. The van der Waals surface area contributed by atoms with E-state index >= 15 is 0 Å². The number of anilines is 3. The highest BCUT2D eigenvalue weighted by atomic mass is 15.1. The van der Waals surface area contributed by atoms with Gasteiger partial charge in [-0.1, -0.05) is 194 Å². The Hall–Kier alpha value is -9.70. The van der Waals surface area contributed by atoms with Gasteiger partial charge in [-0.25, -0.2) is 0 Å². The van der Waals surface area contributed by atoms with Crippen LogP contribution in [0.3, 0.4) is 0 Å². The van der Waals surface area contributed by atoms with Gasteiger partial charge in [-0.15, -0.1) is 0 Å². The van der Waals surface area contributed by atoms with Gasteiger partial charge in [-0.05, 0) is 146 Å². The fourth-order valence-corrected chi connectivity index (χ4v) is 12.6. The summed E-state index contributed by atoms with van der Waals surface area (Å²) >= 11 is 0. The Kier molecular flexibility index (Phi) is 9.48. The van der Waals surface area contributed by atoms with Gasteiger partial charge < -0.3 is 14.0 Å². The van der Waals surface area contributed by atoms with Crippen molar-refractivity contribution < 1.29 is 0 Å². The third-order valence-electron chi connectivity index (χ3n) is 15.8. The molecule has 0 saturated heterocycles. The summed E-state index contributed by atoms with van der Waals surface area (Å²) in [5, 5.41) is 7.38. The quantitative estimate of drug-likeness (QED) is 0.148. The predicted molar refractivity (Wildman–Crippen MR) is 310 cm³/mol. The molecule has 0 spiro atoms. The zero-order chi connectivity index (χ0) is 48.7. The maximum Gasteiger partial charge on any atom is 0.0714 e. The lowest BCUT2D eigenvalue weighted by Crippen LogP contribution is -2.28. The predicted octanol–water partition coefficient (Wildman–Crippen LogP) is 18.5. The standard InChI is InChI=1S/C71H47N3/c1-4-19-51(20-5-1)71(52-21-6-2-7-22-52)64-30-14-10-25-59(64)60-44-43-57(47-65(60)71)72(54-39-41-55(42-40-54)73-66-31-15-11-26-61(66)62-27-12-16-32-67(62)73)56-38-37-48-45-50(36-35-49(48)46-56)58-29-18-34-69-70(58)63-28-13-17-33-68(63)74(69)53-23-8-3-9-24-53/h1-47H. The Morgan fingerprint density at radius 1 is 0.284 bits per heavy atom. The molecule has 3 heteroatoms. The summed E-state index contributed by atoms with van der Waals surface area (Å²) in [7, 11) is 0. The summed E-state index contributed by atoms with van der Waals surface area (Å²) in [6, 6.07) is 105. The molecule has 1 aliphatic rings. The number of fused-ring (bicyclic) bond motifs is 10. The van der Waals surface area contributed by atoms with Crippen LogP contribution in [0.4, 0.5) is 17.1 Å². The number of aromatic nitrogens is 2. The van der Waals surface area contributed by atoms with E-state index in [9.17, 15) is 0 Å². The minimum atomic E-state index is -0.535. The fraction of sp³-hybridized carbons (Fsp3) is 0.0141. The zero-order valence-corrected chi connectivity index (χ0v) is 40.5. The van der Waals surface area contributed by atoms with Crippen LogP contribution < -0.4 is 4.90 Å². The molecular weight excluding hydrogens is 895 g/mol. The van der Waals surface area contributed by atoms with E-state index in [-0.39, 0.29) is 0 Å². The molecule has 2 aromatic heterocycles. The van der Waals surface area contributed by atoms with Gasteiger partial charge in [0.2, 0.25) is 0 Å². The summed E-state index contributed by atoms with van der Waals surface area (Å²) in [5.74, 6) is 0. The molecule has 74 heavy (non-hydrogen) atoms. The van der Waals surface area contributed by atoms with E-state index in [1.54, 1.807) is 0 Å². The summed E-state index contributed by atoms with van der Waals surface area (Å²) in [6.45, 7) is 0. The number of nitrogens with zero attached hydrogens (tertiary/aromatic N) is 3. The highest BCUT2D eigenvalue weighted by molar-refractivity contribution is 6.16. The minimum absolute atomic E-state index is 0.535. The third-order valence-corrected chi connectivity index (χ3v) is 15.8. The normalized spacial score (nSPS) is 12.7. The first kappa shape index (κ1) is 42.0. The lowest BCUT2D eigenvalue weighted by Gasteiger charge is -2.35. The smallest absolute Gasteiger partial charge is 0.0714 e. The second-order valence-electron chi connectivity index (χ2n) is 19.6. The van der Waals surface area contributed by atoms with Crippen LogP contribution in [-0.2, 0) is 5.41 Å². The van der Waals surface area contributed by atoms with Crippen molar-refractivity contribution in [2.24, 2.45) is 0 Å². The van der Waals surface area contributed by atoms with Crippen molar-refractivity contribution in [1.29, 1.82) is 0 Å². The summed E-state index contributed by atoms with van der Waals surface area (Å²) in [4.78, 5) is 2.45. The Morgan fingerprint density at radius 3 is 1.46 bits per heavy atom. The molecule has 0 saturated carbocycles. The maximum absolute atomic E-state index is 2.47. The summed E-state index contributed by atoms with van der Waals surface area (Å²) in [5.41, 5.74) is 19.8. The van der Waals surface area contributed by atoms with Crippen LogP contribution in [0.2, 0.25) is 0 Å². The summed E-state index contributed by atoms with van der Waals surface area (Å²) < 4.78 is 4.79. The zero-order valence-electron chi connectivity index (χ0n) is 40.5. The van der Waals surface area contributed by atoms with Crippen LogP contribution in [0.15, 0.2) is 285 Å². The molecule has 0 atom stereocenters. The lowest BCUT2D eigenvalue weighted by atomic mass is 9.67. The number of benzene rings is 12. The Morgan fingerprint density at radius 2 is 0.757 bits per heavy atom. The van der Waals surface area contributed by atoms with Gasteiger partial charge in [0.1, 0.15) is 0 Å². The van der Waals surface area contributed by atoms with Crippen LogP contribution in [0.25, 0.3) is 88.0 Å². The average molecular weight is 942 g/mol. The number of hydrogen-bond acceptors (Lipinski definition) is 1. The first-order valence-corrected chi connectivity index (χ1v) is 25.6. The molecule has 0 N–H and O–H groups in total. The lowest BCUT2D eigenvalue weighted by molar-refractivity contribution is 0.768. The second kappa shape index (κ2) is 16.7. The molecule has 0 bridgehead atoms. The molecule has 2 heterocycles. The van der Waals surface area contributed by atoms with E-state index < -0.39 is 5.41 Å². The number of para-hydroxylation sites is 4. The van der Waals surface area contributed by atoms with Crippen molar-refractivity contribution in [3.05, 3.63) is 307 Å². The molecule has 346 valence electrons. The monoisotopic (exact) mass is 941 g/mol. The van der Waals surface area contributed by atoms with Crippen LogP contribution in [0.1, 0.15) is 22.3 Å². The second-order valence-corrected chi connectivity index (χ2v) is 19.6. The molecular formula is C71H47N3. The molecule has 0 radical (unpaired) electrons. The van der Waals surface area contributed by atoms with Crippen LogP contribution in [-0.4, -0.2) is 9.13 Å². The summed E-state index contributed by atoms with van der Waals surface area (Å²) in [6.07, 6.45) is 0. The Balaban J connectivity index is 0.913. The molecule has 12 aromatic carbocycles. The van der Waals surface area contributed by atoms with Gasteiger partial charge in [0, 0.05) is 50.0 Å². The topological polar surface area (TPSA) is 13.1 Å². The van der Waals surface area contributed by atoms with Crippen molar-refractivity contribution in [2.75, 3.05) is 4.90 Å². The van der Waals surface area contributed by atoms with Crippen molar-refractivity contribution in [3.8, 4) is 33.6 Å². The van der Waals surface area contributed by atoms with E-state index in [1.807, 2.05) is 0 Å². The average Bonchev–Trinajstić information content (AvgIpc) is 4.14. The number of hydrogen-bond donors (Lipinski definition) is 0. The van der Waals surface area contributed by atoms with Crippen LogP contribution in [0.5, 0.6) is 0 Å². The molecule has 0 fully saturated rings. The van der Waals surface area contributed by atoms with Gasteiger partial charge in [0.05, 0.1) is 27.5 Å². The van der Waals surface area contributed by atoms with Gasteiger partial charge in [0.25, 0.3) is 0 Å². The van der Waals surface area contributed by atoms with Gasteiger partial charge in [0.15, 0.2) is 0 Å². The first-order chi connectivity index (χ1) is 36.7. The molecule has 3 nitrogen and oxygen atoms in total. The highest BCUT2D eigenvalue weighted by Gasteiger charge is 2.46.